The monoisotopic (exact) mass is 228 g/mol. The maximum atomic E-state index is 10.7. The van der Waals surface area contributed by atoms with E-state index in [1.165, 1.54) is 0 Å². The Balaban J connectivity index is 2.41. The van der Waals surface area contributed by atoms with Gasteiger partial charge in [-0.1, -0.05) is 5.92 Å². The number of carboxylic acids is 1. The van der Waals surface area contributed by atoms with Gasteiger partial charge in [-0.05, 0) is 23.8 Å². The third kappa shape index (κ3) is 2.14. The number of carboxylic acid groups (broad SMARTS) is 1. The SMILES string of the molecule is C#Cc1ccc2[nH]cc(CC(N)C(=O)O)c2c1. The third-order valence-electron chi connectivity index (χ3n) is 2.69. The molecule has 0 saturated heterocycles. The van der Waals surface area contributed by atoms with Crippen molar-refractivity contribution >= 4 is 16.9 Å². The van der Waals surface area contributed by atoms with Crippen LogP contribution in [-0.4, -0.2) is 22.1 Å². The van der Waals surface area contributed by atoms with E-state index >= 15 is 0 Å². The zero-order chi connectivity index (χ0) is 12.4. The fraction of sp³-hybridized carbons (Fsp3) is 0.154. The first-order chi connectivity index (χ1) is 8.11. The molecule has 0 radical (unpaired) electrons. The van der Waals surface area contributed by atoms with E-state index in [1.54, 1.807) is 6.20 Å². The van der Waals surface area contributed by atoms with Gasteiger partial charge in [-0.15, -0.1) is 6.42 Å². The van der Waals surface area contributed by atoms with Crippen LogP contribution in [0.2, 0.25) is 0 Å². The number of benzene rings is 1. The number of hydrogen-bond donors (Lipinski definition) is 3. The highest BCUT2D eigenvalue weighted by atomic mass is 16.4. The summed E-state index contributed by atoms with van der Waals surface area (Å²) in [5, 5.41) is 9.71. The van der Waals surface area contributed by atoms with Crippen LogP contribution in [0.1, 0.15) is 11.1 Å². The summed E-state index contributed by atoms with van der Waals surface area (Å²) in [4.78, 5) is 13.8. The summed E-state index contributed by atoms with van der Waals surface area (Å²) in [6.45, 7) is 0. The summed E-state index contributed by atoms with van der Waals surface area (Å²) >= 11 is 0. The van der Waals surface area contributed by atoms with Crippen molar-refractivity contribution in [3.8, 4) is 12.3 Å². The first kappa shape index (κ1) is 11.2. The number of fused-ring (bicyclic) bond motifs is 1. The first-order valence-corrected chi connectivity index (χ1v) is 5.17. The standard InChI is InChI=1S/C13H12N2O2/c1-2-8-3-4-12-10(5-8)9(7-15-12)6-11(14)13(16)17/h1,3-5,7,11,15H,6,14H2,(H,16,17). The van der Waals surface area contributed by atoms with Gasteiger partial charge in [0.1, 0.15) is 6.04 Å². The van der Waals surface area contributed by atoms with E-state index in [0.717, 1.165) is 22.0 Å². The molecule has 86 valence electrons. The Kier molecular flexibility index (Phi) is 2.86. The van der Waals surface area contributed by atoms with E-state index in [9.17, 15) is 4.79 Å². The second-order valence-corrected chi connectivity index (χ2v) is 3.87. The number of rotatable bonds is 3. The van der Waals surface area contributed by atoms with Gasteiger partial charge in [0, 0.05) is 29.1 Å². The number of nitrogens with one attached hydrogen (secondary N) is 1. The lowest BCUT2D eigenvalue weighted by Gasteiger charge is -2.04. The summed E-state index contributed by atoms with van der Waals surface area (Å²) < 4.78 is 0. The van der Waals surface area contributed by atoms with Crippen LogP contribution < -0.4 is 5.73 Å². The molecule has 0 saturated carbocycles. The van der Waals surface area contributed by atoms with Crippen LogP contribution >= 0.6 is 0 Å². The van der Waals surface area contributed by atoms with E-state index in [-0.39, 0.29) is 6.42 Å². The summed E-state index contributed by atoms with van der Waals surface area (Å²) in [5.41, 5.74) is 8.08. The lowest BCUT2D eigenvalue weighted by atomic mass is 10.0. The van der Waals surface area contributed by atoms with Crippen LogP contribution in [0.3, 0.4) is 0 Å². The lowest BCUT2D eigenvalue weighted by molar-refractivity contribution is -0.138. The van der Waals surface area contributed by atoms with Crippen LogP contribution in [-0.2, 0) is 11.2 Å². The Morgan fingerprint density at radius 3 is 3.00 bits per heavy atom. The molecule has 0 amide bonds. The van der Waals surface area contributed by atoms with Crippen LogP contribution in [0.5, 0.6) is 0 Å². The molecule has 4 nitrogen and oxygen atoms in total. The third-order valence-corrected chi connectivity index (χ3v) is 2.69. The van der Waals surface area contributed by atoms with Crippen molar-refractivity contribution in [2.24, 2.45) is 5.73 Å². The van der Waals surface area contributed by atoms with Crippen molar-refractivity contribution in [3.05, 3.63) is 35.5 Å². The topological polar surface area (TPSA) is 79.1 Å². The van der Waals surface area contributed by atoms with Crippen molar-refractivity contribution in [3.63, 3.8) is 0 Å². The average Bonchev–Trinajstić information content (AvgIpc) is 2.71. The molecule has 1 aromatic heterocycles. The quantitative estimate of drug-likeness (QED) is 0.688. The molecular weight excluding hydrogens is 216 g/mol. The van der Waals surface area contributed by atoms with Gasteiger partial charge in [0.15, 0.2) is 0 Å². The maximum absolute atomic E-state index is 10.7. The highest BCUT2D eigenvalue weighted by Crippen LogP contribution is 2.20. The Morgan fingerprint density at radius 1 is 1.59 bits per heavy atom. The minimum atomic E-state index is -1.01. The van der Waals surface area contributed by atoms with Crippen molar-refractivity contribution in [1.29, 1.82) is 0 Å². The van der Waals surface area contributed by atoms with Crippen LogP contribution in [0, 0.1) is 12.3 Å². The summed E-state index contributed by atoms with van der Waals surface area (Å²) in [6.07, 6.45) is 7.38. The predicted molar refractivity (Wildman–Crippen MR) is 65.5 cm³/mol. The lowest BCUT2D eigenvalue weighted by Crippen LogP contribution is -2.32. The summed E-state index contributed by atoms with van der Waals surface area (Å²) in [5.74, 6) is 1.54. The molecule has 2 rings (SSSR count). The molecule has 0 bridgehead atoms. The molecular formula is C13H12N2O2. The number of carbonyl (C=O) groups is 1. The Bertz CT molecular complexity index is 607. The molecule has 4 N–H and O–H groups in total. The molecule has 0 spiro atoms. The Morgan fingerprint density at radius 2 is 2.35 bits per heavy atom. The van der Waals surface area contributed by atoms with Gasteiger partial charge in [0.25, 0.3) is 0 Å². The van der Waals surface area contributed by atoms with Crippen molar-refractivity contribution in [2.45, 2.75) is 12.5 Å². The Hall–Kier alpha value is -2.25. The number of H-pyrrole nitrogens is 1. The normalized spacial score (nSPS) is 12.2. The molecule has 1 heterocycles. The summed E-state index contributed by atoms with van der Waals surface area (Å²) in [7, 11) is 0. The second-order valence-electron chi connectivity index (χ2n) is 3.87. The largest absolute Gasteiger partial charge is 0.480 e. The molecule has 0 aliphatic heterocycles. The molecule has 1 aromatic carbocycles. The first-order valence-electron chi connectivity index (χ1n) is 5.17. The van der Waals surface area contributed by atoms with Gasteiger partial charge >= 0.3 is 5.97 Å². The second kappa shape index (κ2) is 4.32. The molecule has 1 atom stereocenters. The van der Waals surface area contributed by atoms with E-state index < -0.39 is 12.0 Å². The zero-order valence-electron chi connectivity index (χ0n) is 9.10. The average molecular weight is 228 g/mol. The molecule has 2 aromatic rings. The van der Waals surface area contributed by atoms with Gasteiger partial charge in [-0.25, -0.2) is 0 Å². The van der Waals surface area contributed by atoms with Gasteiger partial charge in [-0.3, -0.25) is 4.79 Å². The summed E-state index contributed by atoms with van der Waals surface area (Å²) in [6, 6.07) is 4.67. The fourth-order valence-corrected chi connectivity index (χ4v) is 1.76. The van der Waals surface area contributed by atoms with Gasteiger partial charge in [0.2, 0.25) is 0 Å². The molecule has 0 aliphatic rings. The van der Waals surface area contributed by atoms with E-state index in [2.05, 4.69) is 10.9 Å². The Labute approximate surface area is 98.4 Å². The highest BCUT2D eigenvalue weighted by molar-refractivity contribution is 5.85. The molecule has 17 heavy (non-hydrogen) atoms. The maximum Gasteiger partial charge on any atom is 0.320 e. The molecule has 0 aliphatic carbocycles. The van der Waals surface area contributed by atoms with Crippen molar-refractivity contribution in [2.75, 3.05) is 0 Å². The minimum Gasteiger partial charge on any atom is -0.480 e. The van der Waals surface area contributed by atoms with Crippen molar-refractivity contribution in [1.82, 2.24) is 4.98 Å². The number of hydrogen-bond acceptors (Lipinski definition) is 2. The zero-order valence-corrected chi connectivity index (χ0v) is 9.10. The van der Waals surface area contributed by atoms with E-state index in [1.807, 2.05) is 18.2 Å². The van der Waals surface area contributed by atoms with E-state index in [4.69, 9.17) is 17.3 Å². The number of terminal acetylenes is 1. The number of aromatic amines is 1. The number of aliphatic carboxylic acids is 1. The van der Waals surface area contributed by atoms with Crippen LogP contribution in [0.4, 0.5) is 0 Å². The minimum absolute atomic E-state index is 0.281. The number of aromatic nitrogens is 1. The van der Waals surface area contributed by atoms with Crippen LogP contribution in [0.15, 0.2) is 24.4 Å². The number of nitrogens with two attached hydrogens (primary N) is 1. The van der Waals surface area contributed by atoms with Crippen molar-refractivity contribution < 1.29 is 9.90 Å². The van der Waals surface area contributed by atoms with Gasteiger partial charge in [0.05, 0.1) is 0 Å². The molecule has 4 heteroatoms. The highest BCUT2D eigenvalue weighted by Gasteiger charge is 2.14. The van der Waals surface area contributed by atoms with Gasteiger partial charge < -0.3 is 15.8 Å². The fourth-order valence-electron chi connectivity index (χ4n) is 1.76. The van der Waals surface area contributed by atoms with Gasteiger partial charge in [-0.2, -0.15) is 0 Å². The molecule has 0 fully saturated rings. The smallest absolute Gasteiger partial charge is 0.320 e. The van der Waals surface area contributed by atoms with Crippen LogP contribution in [0.25, 0.3) is 10.9 Å². The van der Waals surface area contributed by atoms with E-state index in [0.29, 0.717) is 0 Å². The predicted octanol–water partition coefficient (Wildman–Crippen LogP) is 1.10. The molecule has 1 unspecified atom stereocenters.